The van der Waals surface area contributed by atoms with Crippen molar-refractivity contribution in [2.75, 3.05) is 11.9 Å². The minimum Gasteiger partial charge on any atom is -0.396 e. The summed E-state index contributed by atoms with van der Waals surface area (Å²) in [5.74, 6) is 0.224. The van der Waals surface area contributed by atoms with Gasteiger partial charge in [0, 0.05) is 18.6 Å². The lowest BCUT2D eigenvalue weighted by Crippen LogP contribution is -2.27. The Hall–Kier alpha value is -1.47. The molecule has 0 radical (unpaired) electrons. The molecule has 2 N–H and O–H groups in total. The monoisotopic (exact) mass is 286 g/mol. The van der Waals surface area contributed by atoms with E-state index in [0.717, 1.165) is 19.3 Å². The molecule has 0 aliphatic heterocycles. The van der Waals surface area contributed by atoms with Crippen molar-refractivity contribution < 1.29 is 10.0 Å². The number of aromatic nitrogens is 2. The highest BCUT2D eigenvalue weighted by Gasteiger charge is 2.30. The number of nitro groups is 1. The Morgan fingerprint density at radius 3 is 2.89 bits per heavy atom. The van der Waals surface area contributed by atoms with E-state index in [4.69, 9.17) is 11.6 Å². The maximum absolute atomic E-state index is 11.1. The van der Waals surface area contributed by atoms with Gasteiger partial charge in [-0.15, -0.1) is 0 Å². The van der Waals surface area contributed by atoms with Crippen molar-refractivity contribution in [3.63, 3.8) is 0 Å². The third kappa shape index (κ3) is 2.93. The second kappa shape index (κ2) is 5.66. The highest BCUT2D eigenvalue weighted by molar-refractivity contribution is 6.28. The first kappa shape index (κ1) is 14.0. The molecule has 0 spiro atoms. The third-order valence-corrected chi connectivity index (χ3v) is 3.60. The van der Waals surface area contributed by atoms with Gasteiger partial charge >= 0.3 is 5.69 Å². The largest absolute Gasteiger partial charge is 0.396 e. The van der Waals surface area contributed by atoms with Gasteiger partial charge in [0.2, 0.25) is 11.1 Å². The van der Waals surface area contributed by atoms with E-state index in [0.29, 0.717) is 0 Å². The van der Waals surface area contributed by atoms with Crippen LogP contribution in [0.3, 0.4) is 0 Å². The standard InChI is InChI=1S/C11H15ClN4O3/c1-6-9(16(18)19)10(15-11(12)13-6)14-8-4-2-3-7(8)5-17/h7-8,17H,2-5H2,1H3,(H,13,14,15). The zero-order valence-electron chi connectivity index (χ0n) is 10.5. The number of hydrogen-bond acceptors (Lipinski definition) is 6. The molecule has 1 heterocycles. The zero-order valence-corrected chi connectivity index (χ0v) is 11.2. The van der Waals surface area contributed by atoms with Crippen LogP contribution in [0.25, 0.3) is 0 Å². The first-order chi connectivity index (χ1) is 9.02. The number of nitrogens with one attached hydrogen (secondary N) is 1. The average Bonchev–Trinajstić information content (AvgIpc) is 2.74. The van der Waals surface area contributed by atoms with Crippen LogP contribution in [-0.2, 0) is 0 Å². The summed E-state index contributed by atoms with van der Waals surface area (Å²) in [5.41, 5.74) is 0.0686. The van der Waals surface area contributed by atoms with Crippen LogP contribution in [0.5, 0.6) is 0 Å². The van der Waals surface area contributed by atoms with Gasteiger partial charge in [-0.05, 0) is 31.4 Å². The number of aliphatic hydroxyl groups is 1. The highest BCUT2D eigenvalue weighted by Crippen LogP contribution is 2.32. The van der Waals surface area contributed by atoms with Crippen LogP contribution in [0.4, 0.5) is 11.5 Å². The van der Waals surface area contributed by atoms with Crippen LogP contribution in [0.1, 0.15) is 25.0 Å². The molecule has 0 saturated heterocycles. The lowest BCUT2D eigenvalue weighted by molar-refractivity contribution is -0.385. The van der Waals surface area contributed by atoms with Gasteiger partial charge in [-0.2, -0.15) is 4.98 Å². The van der Waals surface area contributed by atoms with E-state index in [1.165, 1.54) is 6.92 Å². The molecule has 1 aliphatic rings. The Balaban J connectivity index is 2.31. The van der Waals surface area contributed by atoms with Gasteiger partial charge in [-0.25, -0.2) is 4.98 Å². The summed E-state index contributed by atoms with van der Waals surface area (Å²) in [6.07, 6.45) is 2.73. The Bertz CT molecular complexity index is 497. The summed E-state index contributed by atoms with van der Waals surface area (Å²) < 4.78 is 0. The quantitative estimate of drug-likeness (QED) is 0.498. The highest BCUT2D eigenvalue weighted by atomic mass is 35.5. The topological polar surface area (TPSA) is 101 Å². The fraction of sp³-hybridized carbons (Fsp3) is 0.636. The predicted octanol–water partition coefficient (Wildman–Crippen LogP) is 1.92. The average molecular weight is 287 g/mol. The molecule has 7 nitrogen and oxygen atoms in total. The normalized spacial score (nSPS) is 22.5. The maximum atomic E-state index is 11.1. The number of rotatable bonds is 4. The van der Waals surface area contributed by atoms with Crippen LogP contribution >= 0.6 is 11.6 Å². The van der Waals surface area contributed by atoms with Gasteiger partial charge < -0.3 is 10.4 Å². The van der Waals surface area contributed by atoms with Crippen LogP contribution < -0.4 is 5.32 Å². The van der Waals surface area contributed by atoms with E-state index in [1.54, 1.807) is 0 Å². The molecule has 2 rings (SSSR count). The zero-order chi connectivity index (χ0) is 14.0. The minimum atomic E-state index is -0.517. The summed E-state index contributed by atoms with van der Waals surface area (Å²) in [6.45, 7) is 1.58. The maximum Gasteiger partial charge on any atom is 0.332 e. The number of hydrogen-bond donors (Lipinski definition) is 2. The first-order valence-corrected chi connectivity index (χ1v) is 6.46. The lowest BCUT2D eigenvalue weighted by atomic mass is 10.1. The van der Waals surface area contributed by atoms with Crippen molar-refractivity contribution in [2.24, 2.45) is 5.92 Å². The van der Waals surface area contributed by atoms with E-state index < -0.39 is 4.92 Å². The first-order valence-electron chi connectivity index (χ1n) is 6.09. The summed E-state index contributed by atoms with van der Waals surface area (Å²) in [7, 11) is 0. The molecular weight excluding hydrogens is 272 g/mol. The Morgan fingerprint density at radius 1 is 1.53 bits per heavy atom. The van der Waals surface area contributed by atoms with Crippen molar-refractivity contribution in [1.82, 2.24) is 9.97 Å². The third-order valence-electron chi connectivity index (χ3n) is 3.43. The molecule has 2 atom stereocenters. The van der Waals surface area contributed by atoms with Crippen LogP contribution in [0, 0.1) is 23.0 Å². The summed E-state index contributed by atoms with van der Waals surface area (Å²) in [4.78, 5) is 18.3. The smallest absolute Gasteiger partial charge is 0.332 e. The van der Waals surface area contributed by atoms with Crippen LogP contribution in [0.15, 0.2) is 0 Å². The second-order valence-corrected chi connectivity index (χ2v) is 4.99. The minimum absolute atomic E-state index is 0.0194. The van der Waals surface area contributed by atoms with Crippen molar-refractivity contribution in [2.45, 2.75) is 32.2 Å². The van der Waals surface area contributed by atoms with Gasteiger partial charge in [0.15, 0.2) is 0 Å². The van der Waals surface area contributed by atoms with E-state index in [9.17, 15) is 15.2 Å². The predicted molar refractivity (Wildman–Crippen MR) is 70.3 cm³/mol. The Kier molecular flexibility index (Phi) is 4.16. The van der Waals surface area contributed by atoms with E-state index >= 15 is 0 Å². The molecule has 2 unspecified atom stereocenters. The molecule has 1 aromatic heterocycles. The molecule has 1 fully saturated rings. The number of aryl methyl sites for hydroxylation is 1. The van der Waals surface area contributed by atoms with Crippen molar-refractivity contribution in [3.8, 4) is 0 Å². The summed E-state index contributed by atoms with van der Waals surface area (Å²) in [6, 6.07) is -0.0194. The molecular formula is C11H15ClN4O3. The fourth-order valence-corrected chi connectivity index (χ4v) is 2.68. The van der Waals surface area contributed by atoms with Gasteiger partial charge in [0.05, 0.1) is 4.92 Å². The number of nitrogens with zero attached hydrogens (tertiary/aromatic N) is 3. The van der Waals surface area contributed by atoms with Gasteiger partial charge in [0.1, 0.15) is 5.69 Å². The molecule has 0 aromatic carbocycles. The van der Waals surface area contributed by atoms with Gasteiger partial charge in [0.25, 0.3) is 0 Å². The lowest BCUT2D eigenvalue weighted by Gasteiger charge is -2.19. The molecule has 19 heavy (non-hydrogen) atoms. The van der Waals surface area contributed by atoms with E-state index in [-0.39, 0.29) is 41.0 Å². The van der Waals surface area contributed by atoms with Crippen molar-refractivity contribution in [1.29, 1.82) is 0 Å². The SMILES string of the molecule is Cc1nc(Cl)nc(NC2CCCC2CO)c1[N+](=O)[O-]. The van der Waals surface area contributed by atoms with Gasteiger partial charge in [-0.3, -0.25) is 10.1 Å². The van der Waals surface area contributed by atoms with E-state index in [1.807, 2.05) is 0 Å². The van der Waals surface area contributed by atoms with Crippen LogP contribution in [-0.4, -0.2) is 32.6 Å². The molecule has 1 saturated carbocycles. The number of halogens is 1. The molecule has 1 aromatic rings. The number of anilines is 1. The van der Waals surface area contributed by atoms with Crippen LogP contribution in [0.2, 0.25) is 5.28 Å². The molecule has 104 valence electrons. The van der Waals surface area contributed by atoms with Crippen molar-refractivity contribution >= 4 is 23.1 Å². The molecule has 1 aliphatic carbocycles. The molecule has 0 amide bonds. The number of aliphatic hydroxyl groups excluding tert-OH is 1. The molecule has 8 heteroatoms. The second-order valence-electron chi connectivity index (χ2n) is 4.66. The Morgan fingerprint density at radius 2 is 2.26 bits per heavy atom. The summed E-state index contributed by atoms with van der Waals surface area (Å²) in [5, 5.41) is 23.4. The molecule has 0 bridgehead atoms. The summed E-state index contributed by atoms with van der Waals surface area (Å²) >= 11 is 5.75. The van der Waals surface area contributed by atoms with E-state index in [2.05, 4.69) is 15.3 Å². The Labute approximate surface area is 115 Å². The van der Waals surface area contributed by atoms with Gasteiger partial charge in [-0.1, -0.05) is 6.42 Å². The fourth-order valence-electron chi connectivity index (χ4n) is 2.47. The van der Waals surface area contributed by atoms with Crippen molar-refractivity contribution in [3.05, 3.63) is 21.1 Å².